The van der Waals surface area contributed by atoms with Gasteiger partial charge < -0.3 is 9.64 Å². The van der Waals surface area contributed by atoms with Gasteiger partial charge in [0.1, 0.15) is 12.2 Å². The normalized spacial score (nSPS) is 13.3. The van der Waals surface area contributed by atoms with Gasteiger partial charge in [-0.1, -0.05) is 6.92 Å². The van der Waals surface area contributed by atoms with E-state index in [4.69, 9.17) is 17.7 Å². The van der Waals surface area contributed by atoms with Crippen LogP contribution in [0.5, 0.6) is 0 Å². The average molecular weight is 318 g/mol. The number of hydrogen-bond acceptors (Lipinski definition) is 7. The molecule has 0 aliphatic heterocycles. The molecule has 0 saturated heterocycles. The molecule has 0 spiro atoms. The molecular formula is C12H17ClN4O4. The minimum absolute atomic E-state index is 0.192. The number of aromatic nitrogens is 2. The van der Waals surface area contributed by atoms with Crippen molar-refractivity contribution in [1.29, 1.82) is 0 Å². The molecule has 0 aromatic carbocycles. The molecule has 21 heavy (non-hydrogen) atoms. The number of halogens is 1. The summed E-state index contributed by atoms with van der Waals surface area (Å²) in [6, 6.07) is -2.29. The van der Waals surface area contributed by atoms with Crippen molar-refractivity contribution in [1.82, 2.24) is 9.97 Å². The lowest BCUT2D eigenvalue weighted by Crippen LogP contribution is -2.46. The Morgan fingerprint density at radius 1 is 1.67 bits per heavy atom. The smallest absolute Gasteiger partial charge is 0.329 e. The van der Waals surface area contributed by atoms with Crippen LogP contribution in [0, 0.1) is 10.1 Å². The lowest BCUT2D eigenvalue weighted by atomic mass is 10.1. The van der Waals surface area contributed by atoms with Gasteiger partial charge in [0.25, 0.3) is 0 Å². The molecule has 1 aromatic heterocycles. The fraction of sp³-hybridized carbons (Fsp3) is 0.583. The van der Waals surface area contributed by atoms with Crippen LogP contribution >= 0.6 is 11.6 Å². The number of methoxy groups -OCH3 is 1. The van der Waals surface area contributed by atoms with Gasteiger partial charge in [0.05, 0.1) is 13.4 Å². The predicted molar refractivity (Wildman–Crippen MR) is 77.4 cm³/mol. The first kappa shape index (κ1) is 15.4. The number of rotatable bonds is 6. The van der Waals surface area contributed by atoms with Crippen molar-refractivity contribution in [2.75, 3.05) is 12.0 Å². The molecule has 0 aliphatic carbocycles. The lowest BCUT2D eigenvalue weighted by molar-refractivity contribution is -0.384. The van der Waals surface area contributed by atoms with Crippen LogP contribution in [0.3, 0.4) is 0 Å². The van der Waals surface area contributed by atoms with E-state index in [0.717, 1.165) is 6.20 Å². The van der Waals surface area contributed by atoms with Gasteiger partial charge in [-0.25, -0.2) is 9.78 Å². The SMILES string of the molecule is [2H]C(C)(C)N(c1nc(Cl)ncc1[N+](=O)[O-])C(CC)C(=O)OC. The minimum atomic E-state index is -1.38. The van der Waals surface area contributed by atoms with Gasteiger partial charge in [-0.05, 0) is 31.9 Å². The van der Waals surface area contributed by atoms with Crippen molar-refractivity contribution >= 4 is 29.1 Å². The molecule has 0 fully saturated rings. The van der Waals surface area contributed by atoms with Crippen molar-refractivity contribution in [3.63, 3.8) is 0 Å². The highest BCUT2D eigenvalue weighted by molar-refractivity contribution is 6.28. The molecule has 9 heteroatoms. The molecule has 0 aliphatic rings. The summed E-state index contributed by atoms with van der Waals surface area (Å²) < 4.78 is 13.0. The summed E-state index contributed by atoms with van der Waals surface area (Å²) in [5, 5.41) is 11.0. The first-order valence-electron chi connectivity index (χ1n) is 6.67. The van der Waals surface area contributed by atoms with E-state index in [0.29, 0.717) is 0 Å². The summed E-state index contributed by atoms with van der Waals surface area (Å²) in [6.07, 6.45) is 1.22. The zero-order valence-electron chi connectivity index (χ0n) is 13.2. The Balaban J connectivity index is 3.56. The number of esters is 1. The maximum absolute atomic E-state index is 12.0. The summed E-state index contributed by atoms with van der Waals surface area (Å²) in [6.45, 7) is 4.67. The van der Waals surface area contributed by atoms with Gasteiger partial charge in [-0.15, -0.1) is 0 Å². The number of nitrogens with zero attached hydrogens (tertiary/aromatic N) is 4. The third-order valence-corrected chi connectivity index (χ3v) is 2.98. The molecule has 116 valence electrons. The summed E-state index contributed by atoms with van der Waals surface area (Å²) in [5.41, 5.74) is -0.438. The maximum atomic E-state index is 12.0. The Labute approximate surface area is 128 Å². The van der Waals surface area contributed by atoms with E-state index in [9.17, 15) is 14.9 Å². The Morgan fingerprint density at radius 3 is 2.71 bits per heavy atom. The minimum Gasteiger partial charge on any atom is -0.467 e. The van der Waals surface area contributed by atoms with E-state index >= 15 is 0 Å². The van der Waals surface area contributed by atoms with E-state index in [2.05, 4.69) is 9.97 Å². The van der Waals surface area contributed by atoms with Crippen LogP contribution < -0.4 is 4.90 Å². The van der Waals surface area contributed by atoms with E-state index in [1.807, 2.05) is 0 Å². The molecule has 0 bridgehead atoms. The Kier molecular flexibility index (Phi) is 5.26. The van der Waals surface area contributed by atoms with Gasteiger partial charge in [0.15, 0.2) is 0 Å². The molecule has 1 heterocycles. The average Bonchev–Trinajstić information content (AvgIpc) is 2.41. The van der Waals surface area contributed by atoms with Crippen LogP contribution in [0.25, 0.3) is 0 Å². The van der Waals surface area contributed by atoms with E-state index in [1.54, 1.807) is 6.92 Å². The van der Waals surface area contributed by atoms with Crippen LogP contribution in [0.15, 0.2) is 6.20 Å². The molecule has 0 amide bonds. The number of hydrogen-bond donors (Lipinski definition) is 0. The standard InChI is InChI=1S/C12H17ClN4O4/c1-5-8(11(18)21-4)16(7(2)3)10-9(17(19)20)6-14-12(13)15-10/h6-8H,5H2,1-4H3/i7D. The van der Waals surface area contributed by atoms with Gasteiger partial charge in [-0.3, -0.25) is 10.1 Å². The fourth-order valence-electron chi connectivity index (χ4n) is 1.91. The highest BCUT2D eigenvalue weighted by atomic mass is 35.5. The highest BCUT2D eigenvalue weighted by Gasteiger charge is 2.33. The lowest BCUT2D eigenvalue weighted by Gasteiger charge is -2.33. The zero-order chi connectivity index (χ0) is 17.1. The molecule has 1 rings (SSSR count). The van der Waals surface area contributed by atoms with Gasteiger partial charge >= 0.3 is 11.7 Å². The van der Waals surface area contributed by atoms with Crippen LogP contribution in [-0.2, 0) is 9.53 Å². The van der Waals surface area contributed by atoms with E-state index in [-0.39, 0.29) is 17.5 Å². The molecule has 1 aromatic rings. The molecule has 0 radical (unpaired) electrons. The summed E-state index contributed by atoms with van der Waals surface area (Å²) in [5.74, 6) is -0.811. The quantitative estimate of drug-likeness (QED) is 0.343. The molecular weight excluding hydrogens is 300 g/mol. The monoisotopic (exact) mass is 317 g/mol. The molecule has 0 saturated carbocycles. The van der Waals surface area contributed by atoms with Crippen LogP contribution in [0.2, 0.25) is 5.28 Å². The summed E-state index contributed by atoms with van der Waals surface area (Å²) in [7, 11) is 1.21. The zero-order valence-corrected chi connectivity index (χ0v) is 12.9. The van der Waals surface area contributed by atoms with Crippen molar-refractivity contribution in [2.45, 2.75) is 39.3 Å². The predicted octanol–water partition coefficient (Wildman–Crippen LogP) is 2.20. The number of anilines is 1. The molecule has 1 atom stereocenters. The second-order valence-electron chi connectivity index (χ2n) is 4.37. The van der Waals surface area contributed by atoms with Crippen molar-refractivity contribution in [3.8, 4) is 0 Å². The molecule has 0 N–H and O–H groups in total. The third kappa shape index (κ3) is 3.78. The first-order valence-corrected chi connectivity index (χ1v) is 6.55. The Hall–Kier alpha value is -1.96. The van der Waals surface area contributed by atoms with Gasteiger partial charge in [0, 0.05) is 6.02 Å². The van der Waals surface area contributed by atoms with Gasteiger partial charge in [0.2, 0.25) is 11.1 Å². The van der Waals surface area contributed by atoms with E-state index < -0.39 is 28.6 Å². The van der Waals surface area contributed by atoms with Crippen molar-refractivity contribution in [2.24, 2.45) is 0 Å². The number of carbonyl (C=O) groups excluding carboxylic acids is 1. The maximum Gasteiger partial charge on any atom is 0.329 e. The second-order valence-corrected chi connectivity index (χ2v) is 4.71. The molecule has 8 nitrogen and oxygen atoms in total. The number of carbonyl (C=O) groups is 1. The number of nitro groups is 1. The molecule has 1 unspecified atom stereocenters. The Morgan fingerprint density at radius 2 is 2.29 bits per heavy atom. The summed E-state index contributed by atoms with van der Waals surface area (Å²) >= 11 is 5.73. The van der Waals surface area contributed by atoms with Crippen LogP contribution in [-0.4, -0.2) is 40.0 Å². The highest BCUT2D eigenvalue weighted by Crippen LogP contribution is 2.30. The number of ether oxygens (including phenoxy) is 1. The van der Waals surface area contributed by atoms with E-state index in [1.165, 1.54) is 25.9 Å². The summed E-state index contributed by atoms with van der Waals surface area (Å²) in [4.78, 5) is 31.1. The van der Waals surface area contributed by atoms with Crippen molar-refractivity contribution < 1.29 is 15.8 Å². The second kappa shape index (κ2) is 7.16. The van der Waals surface area contributed by atoms with Crippen LogP contribution in [0.1, 0.15) is 28.6 Å². The first-order chi connectivity index (χ1) is 10.1. The van der Waals surface area contributed by atoms with Crippen molar-refractivity contribution in [3.05, 3.63) is 21.6 Å². The fourth-order valence-corrected chi connectivity index (χ4v) is 2.04. The Bertz CT molecular complexity index is 579. The van der Waals surface area contributed by atoms with Crippen LogP contribution in [0.4, 0.5) is 11.5 Å². The topological polar surface area (TPSA) is 98.5 Å². The largest absolute Gasteiger partial charge is 0.467 e. The third-order valence-electron chi connectivity index (χ3n) is 2.80. The van der Waals surface area contributed by atoms with Gasteiger partial charge in [-0.2, -0.15) is 4.98 Å².